The Bertz CT molecular complexity index is 912. The molecule has 0 aliphatic heterocycles. The van der Waals surface area contributed by atoms with Gasteiger partial charge in [-0.25, -0.2) is 4.98 Å². The number of oxazole rings is 1. The Hall–Kier alpha value is -2.32. The maximum Gasteiger partial charge on any atom is 0.227 e. The first-order chi connectivity index (χ1) is 9.81. The molecule has 4 rings (SSSR count). The molecule has 0 unspecified atom stereocenters. The molecule has 3 aromatic carbocycles. The number of benzene rings is 3. The van der Waals surface area contributed by atoms with E-state index in [0.29, 0.717) is 5.89 Å². The van der Waals surface area contributed by atoms with Crippen molar-refractivity contribution in [1.82, 2.24) is 4.98 Å². The highest BCUT2D eigenvalue weighted by atomic mass is 35.5. The molecule has 3 heteroatoms. The van der Waals surface area contributed by atoms with Crippen LogP contribution in [0.25, 0.3) is 33.3 Å². The minimum atomic E-state index is 0.642. The summed E-state index contributed by atoms with van der Waals surface area (Å²) in [7, 11) is 0. The first kappa shape index (κ1) is 11.5. The fraction of sp³-hybridized carbons (Fsp3) is 0. The topological polar surface area (TPSA) is 26.0 Å². The third kappa shape index (κ3) is 1.77. The van der Waals surface area contributed by atoms with E-state index in [1.165, 1.54) is 0 Å². The molecule has 0 aliphatic rings. The Balaban J connectivity index is 2.02. The minimum absolute atomic E-state index is 0.642. The van der Waals surface area contributed by atoms with E-state index < -0.39 is 0 Å². The van der Waals surface area contributed by atoms with Crippen molar-refractivity contribution in [1.29, 1.82) is 0 Å². The van der Waals surface area contributed by atoms with Crippen molar-refractivity contribution in [3.8, 4) is 11.5 Å². The largest absolute Gasteiger partial charge is 0.435 e. The second kappa shape index (κ2) is 4.36. The van der Waals surface area contributed by atoms with Gasteiger partial charge in [0.15, 0.2) is 5.58 Å². The summed E-state index contributed by atoms with van der Waals surface area (Å²) in [6.45, 7) is 0. The molecule has 0 bridgehead atoms. The fourth-order valence-electron chi connectivity index (χ4n) is 2.39. The molecule has 1 aromatic heterocycles. The van der Waals surface area contributed by atoms with Crippen LogP contribution in [0.3, 0.4) is 0 Å². The molecule has 2 nitrogen and oxygen atoms in total. The number of fused-ring (bicyclic) bond motifs is 3. The Morgan fingerprint density at radius 1 is 0.900 bits per heavy atom. The van der Waals surface area contributed by atoms with Crippen molar-refractivity contribution in [2.75, 3.05) is 0 Å². The summed E-state index contributed by atoms with van der Waals surface area (Å²) in [6.07, 6.45) is 0. The minimum Gasteiger partial charge on any atom is -0.435 e. The molecule has 0 atom stereocenters. The van der Waals surface area contributed by atoms with Crippen LogP contribution in [0, 0.1) is 0 Å². The van der Waals surface area contributed by atoms with Gasteiger partial charge in [-0.1, -0.05) is 35.9 Å². The highest BCUT2D eigenvalue weighted by Gasteiger charge is 2.10. The van der Waals surface area contributed by atoms with E-state index in [9.17, 15) is 0 Å². The van der Waals surface area contributed by atoms with Crippen molar-refractivity contribution >= 4 is 33.5 Å². The molecule has 0 saturated heterocycles. The molecule has 0 N–H and O–H groups in total. The van der Waals surface area contributed by atoms with E-state index in [-0.39, 0.29) is 0 Å². The highest BCUT2D eigenvalue weighted by molar-refractivity contribution is 6.31. The monoisotopic (exact) mass is 279 g/mol. The number of hydrogen-bond donors (Lipinski definition) is 0. The number of halogens is 1. The molecule has 1 heterocycles. The lowest BCUT2D eigenvalue weighted by Gasteiger charge is -1.98. The van der Waals surface area contributed by atoms with Crippen LogP contribution in [0.4, 0.5) is 0 Å². The van der Waals surface area contributed by atoms with Crippen LogP contribution in [-0.4, -0.2) is 4.98 Å². The summed E-state index contributed by atoms with van der Waals surface area (Å²) < 4.78 is 5.95. The second-order valence-electron chi connectivity index (χ2n) is 4.66. The molecular weight excluding hydrogens is 270 g/mol. The van der Waals surface area contributed by atoms with Gasteiger partial charge in [0.25, 0.3) is 0 Å². The second-order valence-corrected chi connectivity index (χ2v) is 5.10. The van der Waals surface area contributed by atoms with Crippen LogP contribution >= 0.6 is 11.6 Å². The quantitative estimate of drug-likeness (QED) is 0.472. The lowest BCUT2D eigenvalue weighted by atomic mass is 10.1. The van der Waals surface area contributed by atoms with E-state index in [4.69, 9.17) is 16.0 Å². The third-order valence-electron chi connectivity index (χ3n) is 3.35. The molecule has 0 aliphatic carbocycles. The van der Waals surface area contributed by atoms with Gasteiger partial charge >= 0.3 is 0 Å². The van der Waals surface area contributed by atoms with E-state index in [2.05, 4.69) is 4.98 Å². The van der Waals surface area contributed by atoms with Crippen LogP contribution in [-0.2, 0) is 0 Å². The zero-order chi connectivity index (χ0) is 13.5. The van der Waals surface area contributed by atoms with E-state index in [1.807, 2.05) is 60.7 Å². The van der Waals surface area contributed by atoms with Gasteiger partial charge in [-0.3, -0.25) is 0 Å². The standard InChI is InChI=1S/C17H10ClNO/c18-13-7-8-14-12(10-13)6-9-15-16(14)20-17(19-15)11-4-2-1-3-5-11/h1-10H. The van der Waals surface area contributed by atoms with Crippen LogP contribution in [0.2, 0.25) is 5.02 Å². The summed E-state index contributed by atoms with van der Waals surface area (Å²) in [5, 5.41) is 2.81. The molecular formula is C17H10ClNO. The summed E-state index contributed by atoms with van der Waals surface area (Å²) >= 11 is 6.02. The Morgan fingerprint density at radius 3 is 2.60 bits per heavy atom. The van der Waals surface area contributed by atoms with Crippen LogP contribution in [0.5, 0.6) is 0 Å². The molecule has 0 radical (unpaired) electrons. The van der Waals surface area contributed by atoms with E-state index in [1.54, 1.807) is 0 Å². The molecule has 0 fully saturated rings. The van der Waals surface area contributed by atoms with E-state index >= 15 is 0 Å². The summed E-state index contributed by atoms with van der Waals surface area (Å²) in [6, 6.07) is 19.7. The molecule has 0 amide bonds. The van der Waals surface area contributed by atoms with Crippen LogP contribution < -0.4 is 0 Å². The maximum atomic E-state index is 6.02. The molecule has 96 valence electrons. The van der Waals surface area contributed by atoms with Crippen molar-refractivity contribution in [3.05, 3.63) is 65.7 Å². The third-order valence-corrected chi connectivity index (χ3v) is 3.59. The SMILES string of the molecule is Clc1ccc2c(ccc3nc(-c4ccccc4)oc32)c1. The van der Waals surface area contributed by atoms with Gasteiger partial charge in [-0.05, 0) is 41.8 Å². The Kier molecular flexibility index (Phi) is 2.51. The van der Waals surface area contributed by atoms with E-state index in [0.717, 1.165) is 32.5 Å². The van der Waals surface area contributed by atoms with Gasteiger partial charge in [0.1, 0.15) is 5.52 Å². The Morgan fingerprint density at radius 2 is 1.75 bits per heavy atom. The van der Waals surface area contributed by atoms with Crippen molar-refractivity contribution in [2.45, 2.75) is 0 Å². The summed E-state index contributed by atoms with van der Waals surface area (Å²) in [5.74, 6) is 0.642. The lowest BCUT2D eigenvalue weighted by Crippen LogP contribution is -1.75. The maximum absolute atomic E-state index is 6.02. The normalized spacial score (nSPS) is 11.2. The molecule has 0 spiro atoms. The van der Waals surface area contributed by atoms with Crippen molar-refractivity contribution in [2.24, 2.45) is 0 Å². The van der Waals surface area contributed by atoms with Gasteiger partial charge in [0.05, 0.1) is 0 Å². The first-order valence-corrected chi connectivity index (χ1v) is 6.73. The lowest BCUT2D eigenvalue weighted by molar-refractivity contribution is 0.623. The van der Waals surface area contributed by atoms with Crippen LogP contribution in [0.15, 0.2) is 65.1 Å². The number of aromatic nitrogens is 1. The van der Waals surface area contributed by atoms with Gasteiger partial charge in [0.2, 0.25) is 5.89 Å². The smallest absolute Gasteiger partial charge is 0.227 e. The average Bonchev–Trinajstić information content (AvgIpc) is 2.92. The van der Waals surface area contributed by atoms with Crippen molar-refractivity contribution in [3.63, 3.8) is 0 Å². The number of rotatable bonds is 1. The zero-order valence-corrected chi connectivity index (χ0v) is 11.3. The highest BCUT2D eigenvalue weighted by Crippen LogP contribution is 2.31. The molecule has 0 saturated carbocycles. The van der Waals surface area contributed by atoms with Crippen LogP contribution in [0.1, 0.15) is 0 Å². The fourth-order valence-corrected chi connectivity index (χ4v) is 2.57. The zero-order valence-electron chi connectivity index (χ0n) is 10.5. The number of hydrogen-bond acceptors (Lipinski definition) is 2. The van der Waals surface area contributed by atoms with Gasteiger partial charge in [-0.15, -0.1) is 0 Å². The number of nitrogens with zero attached hydrogens (tertiary/aromatic N) is 1. The summed E-state index contributed by atoms with van der Waals surface area (Å²) in [5.41, 5.74) is 2.64. The van der Waals surface area contributed by atoms with Crippen molar-refractivity contribution < 1.29 is 4.42 Å². The molecule has 20 heavy (non-hydrogen) atoms. The predicted molar refractivity (Wildman–Crippen MR) is 82.0 cm³/mol. The summed E-state index contributed by atoms with van der Waals surface area (Å²) in [4.78, 5) is 4.56. The Labute approximate surface area is 120 Å². The van der Waals surface area contributed by atoms with Gasteiger partial charge < -0.3 is 4.42 Å². The van der Waals surface area contributed by atoms with Gasteiger partial charge in [-0.2, -0.15) is 0 Å². The predicted octanol–water partition coefficient (Wildman–Crippen LogP) is 5.30. The molecule has 4 aromatic rings. The average molecular weight is 280 g/mol. The van der Waals surface area contributed by atoms with Gasteiger partial charge in [0, 0.05) is 16.0 Å². The first-order valence-electron chi connectivity index (χ1n) is 6.35.